The highest BCUT2D eigenvalue weighted by Gasteiger charge is 2.31. The van der Waals surface area contributed by atoms with Gasteiger partial charge in [0.15, 0.2) is 0 Å². The number of hydrogen-bond donors (Lipinski definition) is 1. The van der Waals surface area contributed by atoms with Crippen LogP contribution in [0.1, 0.15) is 30.9 Å². The van der Waals surface area contributed by atoms with Crippen molar-refractivity contribution in [1.29, 1.82) is 0 Å². The van der Waals surface area contributed by atoms with Gasteiger partial charge in [-0.1, -0.05) is 0 Å². The Bertz CT molecular complexity index is 746. The zero-order chi connectivity index (χ0) is 18.0. The minimum Gasteiger partial charge on any atom is -0.334 e. The van der Waals surface area contributed by atoms with E-state index in [0.29, 0.717) is 12.2 Å². The van der Waals surface area contributed by atoms with E-state index in [9.17, 15) is 18.0 Å². The number of tetrazole rings is 1. The number of carbonyl (C=O) groups is 1. The van der Waals surface area contributed by atoms with Gasteiger partial charge < -0.3 is 10.2 Å². The van der Waals surface area contributed by atoms with Crippen molar-refractivity contribution in [2.75, 3.05) is 6.54 Å². The lowest BCUT2D eigenvalue weighted by Crippen LogP contribution is -2.41. The second-order valence-corrected chi connectivity index (χ2v) is 5.94. The molecular formula is C15H17F3N6O. The van der Waals surface area contributed by atoms with Crippen molar-refractivity contribution in [3.63, 3.8) is 0 Å². The lowest BCUT2D eigenvalue weighted by molar-refractivity contribution is -0.137. The van der Waals surface area contributed by atoms with Gasteiger partial charge in [0.25, 0.3) is 0 Å². The van der Waals surface area contributed by atoms with E-state index >= 15 is 0 Å². The summed E-state index contributed by atoms with van der Waals surface area (Å²) in [6, 6.07) is 3.10. The molecule has 25 heavy (non-hydrogen) atoms. The number of urea groups is 1. The third kappa shape index (κ3) is 3.72. The summed E-state index contributed by atoms with van der Waals surface area (Å²) in [6.45, 7) is 2.54. The molecule has 1 atom stereocenters. The van der Waals surface area contributed by atoms with Gasteiger partial charge in [0.2, 0.25) is 0 Å². The number of benzene rings is 1. The van der Waals surface area contributed by atoms with Crippen molar-refractivity contribution in [3.8, 4) is 5.69 Å². The summed E-state index contributed by atoms with van der Waals surface area (Å²) >= 11 is 0. The van der Waals surface area contributed by atoms with Crippen LogP contribution in [0.3, 0.4) is 0 Å². The minimum atomic E-state index is -4.47. The molecule has 1 aromatic carbocycles. The van der Waals surface area contributed by atoms with E-state index in [1.54, 1.807) is 4.90 Å². The summed E-state index contributed by atoms with van der Waals surface area (Å²) in [5.41, 5.74) is -0.127. The van der Waals surface area contributed by atoms with Gasteiger partial charge in [-0.3, -0.25) is 0 Å². The first-order valence-corrected chi connectivity index (χ1v) is 7.84. The number of hydrogen-bond acceptors (Lipinski definition) is 4. The minimum absolute atomic E-state index is 0.0544. The van der Waals surface area contributed by atoms with Gasteiger partial charge in [0.05, 0.1) is 11.3 Å². The summed E-state index contributed by atoms with van der Waals surface area (Å²) in [6.07, 6.45) is -1.33. The molecule has 3 rings (SSSR count). The average molecular weight is 354 g/mol. The lowest BCUT2D eigenvalue weighted by Gasteiger charge is -2.22. The largest absolute Gasteiger partial charge is 0.416 e. The van der Waals surface area contributed by atoms with Crippen LogP contribution in [0.5, 0.6) is 0 Å². The summed E-state index contributed by atoms with van der Waals surface area (Å²) in [5, 5.41) is 13.4. The fourth-order valence-electron chi connectivity index (χ4n) is 2.91. The molecule has 1 aromatic heterocycles. The van der Waals surface area contributed by atoms with E-state index in [1.165, 1.54) is 17.1 Å². The van der Waals surface area contributed by atoms with Crippen LogP contribution in [0.15, 0.2) is 24.5 Å². The van der Waals surface area contributed by atoms with Crippen LogP contribution in [-0.2, 0) is 12.7 Å². The van der Waals surface area contributed by atoms with E-state index in [1.807, 2.05) is 6.92 Å². The highest BCUT2D eigenvalue weighted by atomic mass is 19.4. The molecule has 0 spiro atoms. The zero-order valence-electron chi connectivity index (χ0n) is 13.5. The Kier molecular flexibility index (Phi) is 4.60. The molecule has 134 valence electrons. The molecule has 10 heteroatoms. The van der Waals surface area contributed by atoms with Crippen molar-refractivity contribution >= 4 is 6.03 Å². The summed E-state index contributed by atoms with van der Waals surface area (Å²) in [4.78, 5) is 13.9. The predicted molar refractivity (Wildman–Crippen MR) is 81.8 cm³/mol. The topological polar surface area (TPSA) is 75.9 Å². The quantitative estimate of drug-likeness (QED) is 0.918. The molecule has 0 saturated carbocycles. The normalized spacial score (nSPS) is 17.8. The summed E-state index contributed by atoms with van der Waals surface area (Å²) in [7, 11) is 0. The van der Waals surface area contributed by atoms with E-state index in [-0.39, 0.29) is 24.2 Å². The molecule has 0 bridgehead atoms. The molecule has 1 fully saturated rings. The zero-order valence-corrected chi connectivity index (χ0v) is 13.5. The number of amides is 2. The molecule has 1 saturated heterocycles. The molecule has 1 aliphatic heterocycles. The average Bonchev–Trinajstić information content (AvgIpc) is 3.23. The molecular weight excluding hydrogens is 337 g/mol. The van der Waals surface area contributed by atoms with Crippen molar-refractivity contribution in [1.82, 2.24) is 30.4 Å². The third-order valence-electron chi connectivity index (χ3n) is 4.25. The Morgan fingerprint density at radius 1 is 1.40 bits per heavy atom. The van der Waals surface area contributed by atoms with Crippen LogP contribution < -0.4 is 5.32 Å². The van der Waals surface area contributed by atoms with E-state index in [0.717, 1.165) is 25.0 Å². The Morgan fingerprint density at radius 3 is 2.80 bits per heavy atom. The van der Waals surface area contributed by atoms with Gasteiger partial charge in [-0.25, -0.2) is 9.48 Å². The second kappa shape index (κ2) is 6.69. The molecule has 2 aromatic rings. The monoisotopic (exact) mass is 354 g/mol. The molecule has 2 amide bonds. The molecule has 7 nitrogen and oxygen atoms in total. The standard InChI is InChI=1S/C15H17F3N6O/c1-10-3-2-6-23(10)14(25)19-8-11-7-12(15(16,17)18)4-5-13(11)24-9-20-21-22-24/h4-5,7,9-10H,2-3,6,8H2,1H3,(H,19,25)/t10-/m1/s1. The fraction of sp³-hybridized carbons (Fsp3) is 0.467. The Balaban J connectivity index is 1.83. The predicted octanol–water partition coefficient (Wildman–Crippen LogP) is 2.38. The van der Waals surface area contributed by atoms with E-state index < -0.39 is 11.7 Å². The van der Waals surface area contributed by atoms with Crippen LogP contribution in [0.4, 0.5) is 18.0 Å². The van der Waals surface area contributed by atoms with Crippen LogP contribution in [0.25, 0.3) is 5.69 Å². The number of carbonyl (C=O) groups excluding carboxylic acids is 1. The summed E-state index contributed by atoms with van der Waals surface area (Å²) in [5.74, 6) is 0. The van der Waals surface area contributed by atoms with Gasteiger partial charge in [-0.05, 0) is 54.0 Å². The fourth-order valence-corrected chi connectivity index (χ4v) is 2.91. The van der Waals surface area contributed by atoms with Crippen molar-refractivity contribution in [2.24, 2.45) is 0 Å². The van der Waals surface area contributed by atoms with Gasteiger partial charge in [0, 0.05) is 19.1 Å². The van der Waals surface area contributed by atoms with Crippen molar-refractivity contribution in [3.05, 3.63) is 35.7 Å². The maximum absolute atomic E-state index is 13.0. The molecule has 0 radical (unpaired) electrons. The molecule has 1 aliphatic rings. The number of rotatable bonds is 3. The Morgan fingerprint density at radius 2 is 2.20 bits per heavy atom. The smallest absolute Gasteiger partial charge is 0.334 e. The van der Waals surface area contributed by atoms with Crippen LogP contribution in [0.2, 0.25) is 0 Å². The molecule has 1 N–H and O–H groups in total. The highest BCUT2D eigenvalue weighted by Crippen LogP contribution is 2.31. The number of likely N-dealkylation sites (tertiary alicyclic amines) is 1. The van der Waals surface area contributed by atoms with Gasteiger partial charge in [0.1, 0.15) is 6.33 Å². The first kappa shape index (κ1) is 17.2. The van der Waals surface area contributed by atoms with Crippen LogP contribution in [0, 0.1) is 0 Å². The number of alkyl halides is 3. The van der Waals surface area contributed by atoms with Gasteiger partial charge >= 0.3 is 12.2 Å². The van der Waals surface area contributed by atoms with Gasteiger partial charge in [-0.2, -0.15) is 13.2 Å². The third-order valence-corrected chi connectivity index (χ3v) is 4.25. The number of nitrogens with one attached hydrogen (secondary N) is 1. The van der Waals surface area contributed by atoms with Crippen molar-refractivity contribution in [2.45, 2.75) is 38.5 Å². The maximum Gasteiger partial charge on any atom is 0.416 e. The van der Waals surface area contributed by atoms with E-state index in [2.05, 4.69) is 20.8 Å². The van der Waals surface area contributed by atoms with E-state index in [4.69, 9.17) is 0 Å². The Labute approximate surface area is 141 Å². The first-order chi connectivity index (χ1) is 11.9. The van der Waals surface area contributed by atoms with Crippen LogP contribution in [-0.4, -0.2) is 43.7 Å². The second-order valence-electron chi connectivity index (χ2n) is 5.94. The summed E-state index contributed by atoms with van der Waals surface area (Å²) < 4.78 is 40.2. The van der Waals surface area contributed by atoms with Crippen molar-refractivity contribution < 1.29 is 18.0 Å². The Hall–Kier alpha value is -2.65. The highest BCUT2D eigenvalue weighted by molar-refractivity contribution is 5.75. The number of aromatic nitrogens is 4. The molecule has 2 heterocycles. The van der Waals surface area contributed by atoms with Crippen LogP contribution >= 0.6 is 0 Å². The number of nitrogens with zero attached hydrogens (tertiary/aromatic N) is 5. The molecule has 0 aliphatic carbocycles. The number of halogens is 3. The lowest BCUT2D eigenvalue weighted by atomic mass is 10.1. The maximum atomic E-state index is 13.0. The van der Waals surface area contributed by atoms with Gasteiger partial charge in [-0.15, -0.1) is 5.10 Å². The first-order valence-electron chi connectivity index (χ1n) is 7.84. The molecule has 0 unspecified atom stereocenters. The SMILES string of the molecule is C[C@@H]1CCCN1C(=O)NCc1cc(C(F)(F)F)ccc1-n1cnnn1.